The summed E-state index contributed by atoms with van der Waals surface area (Å²) < 4.78 is 10.6. The van der Waals surface area contributed by atoms with Gasteiger partial charge in [-0.2, -0.15) is 0 Å². The van der Waals surface area contributed by atoms with Gasteiger partial charge in [0, 0.05) is 11.2 Å². The van der Waals surface area contributed by atoms with Crippen LogP contribution in [0.3, 0.4) is 0 Å². The van der Waals surface area contributed by atoms with Gasteiger partial charge in [0.2, 0.25) is 0 Å². The van der Waals surface area contributed by atoms with E-state index in [1.807, 2.05) is 24.3 Å². The van der Waals surface area contributed by atoms with Crippen molar-refractivity contribution >= 4 is 15.9 Å². The Morgan fingerprint density at radius 1 is 1.28 bits per heavy atom. The smallest absolute Gasteiger partial charge is 0.119 e. The fourth-order valence-electron chi connectivity index (χ4n) is 1.91. The van der Waals surface area contributed by atoms with Crippen LogP contribution in [0.15, 0.2) is 47.1 Å². The standard InChI is InChI=1S/C15H17BrO2/c1-17-15-5-2-4-12(11-15)10-13(16)7-8-14-6-3-9-18-14/h2-6,9,11,13H,7-8,10H2,1H3. The monoisotopic (exact) mass is 308 g/mol. The molecule has 2 nitrogen and oxygen atoms in total. The Morgan fingerprint density at radius 3 is 2.89 bits per heavy atom. The molecule has 1 heterocycles. The maximum Gasteiger partial charge on any atom is 0.119 e. The van der Waals surface area contributed by atoms with Crippen molar-refractivity contribution in [3.8, 4) is 5.75 Å². The summed E-state index contributed by atoms with van der Waals surface area (Å²) in [6.45, 7) is 0. The molecule has 0 aliphatic heterocycles. The Morgan fingerprint density at radius 2 is 2.17 bits per heavy atom. The number of hydrogen-bond acceptors (Lipinski definition) is 2. The number of hydrogen-bond donors (Lipinski definition) is 0. The Balaban J connectivity index is 1.84. The Bertz CT molecular complexity index is 465. The number of methoxy groups -OCH3 is 1. The van der Waals surface area contributed by atoms with E-state index < -0.39 is 0 Å². The lowest BCUT2D eigenvalue weighted by molar-refractivity contribution is 0.414. The zero-order valence-electron chi connectivity index (χ0n) is 10.4. The van der Waals surface area contributed by atoms with Crippen LogP contribution in [0.1, 0.15) is 17.7 Å². The van der Waals surface area contributed by atoms with Gasteiger partial charge in [-0.3, -0.25) is 0 Å². The van der Waals surface area contributed by atoms with Crippen LogP contribution in [0.5, 0.6) is 5.75 Å². The molecule has 18 heavy (non-hydrogen) atoms. The summed E-state index contributed by atoms with van der Waals surface area (Å²) in [4.78, 5) is 0.453. The number of aryl methyl sites for hydroxylation is 1. The summed E-state index contributed by atoms with van der Waals surface area (Å²) in [5.41, 5.74) is 1.29. The minimum Gasteiger partial charge on any atom is -0.497 e. The molecule has 0 spiro atoms. The molecule has 0 bridgehead atoms. The fraction of sp³-hybridized carbons (Fsp3) is 0.333. The predicted molar refractivity (Wildman–Crippen MR) is 76.4 cm³/mol. The van der Waals surface area contributed by atoms with E-state index in [1.165, 1.54) is 5.56 Å². The maximum absolute atomic E-state index is 5.33. The van der Waals surface area contributed by atoms with Gasteiger partial charge in [0.25, 0.3) is 0 Å². The van der Waals surface area contributed by atoms with E-state index in [0.29, 0.717) is 4.83 Å². The van der Waals surface area contributed by atoms with Gasteiger partial charge < -0.3 is 9.15 Å². The van der Waals surface area contributed by atoms with Crippen LogP contribution in [-0.4, -0.2) is 11.9 Å². The molecule has 0 amide bonds. The van der Waals surface area contributed by atoms with E-state index in [-0.39, 0.29) is 0 Å². The minimum absolute atomic E-state index is 0.453. The third kappa shape index (κ3) is 3.91. The first-order chi connectivity index (χ1) is 8.78. The molecule has 96 valence electrons. The molecule has 1 unspecified atom stereocenters. The first kappa shape index (κ1) is 13.2. The number of alkyl halides is 1. The van der Waals surface area contributed by atoms with Crippen LogP contribution in [0.25, 0.3) is 0 Å². The summed E-state index contributed by atoms with van der Waals surface area (Å²) >= 11 is 3.72. The molecule has 2 aromatic rings. The molecular formula is C15H17BrO2. The third-order valence-electron chi connectivity index (χ3n) is 2.88. The van der Waals surface area contributed by atoms with Gasteiger partial charge in [0.05, 0.1) is 13.4 Å². The van der Waals surface area contributed by atoms with Crippen molar-refractivity contribution in [1.82, 2.24) is 0 Å². The average molecular weight is 309 g/mol. The van der Waals surface area contributed by atoms with E-state index >= 15 is 0 Å². The molecule has 0 saturated heterocycles. The van der Waals surface area contributed by atoms with Crippen molar-refractivity contribution in [3.63, 3.8) is 0 Å². The Hall–Kier alpha value is -1.22. The highest BCUT2D eigenvalue weighted by Crippen LogP contribution is 2.19. The molecular weight excluding hydrogens is 292 g/mol. The lowest BCUT2D eigenvalue weighted by atomic mass is 10.1. The predicted octanol–water partition coefficient (Wildman–Crippen LogP) is 4.23. The Labute approximate surface area is 116 Å². The van der Waals surface area contributed by atoms with Crippen molar-refractivity contribution in [3.05, 3.63) is 54.0 Å². The largest absolute Gasteiger partial charge is 0.497 e. The molecule has 1 aromatic heterocycles. The zero-order valence-corrected chi connectivity index (χ0v) is 12.0. The number of rotatable bonds is 6. The molecule has 0 saturated carbocycles. The Kier molecular flexibility index (Phi) is 4.88. The van der Waals surface area contributed by atoms with Crippen molar-refractivity contribution in [2.75, 3.05) is 7.11 Å². The van der Waals surface area contributed by atoms with E-state index in [9.17, 15) is 0 Å². The fourth-order valence-corrected chi connectivity index (χ4v) is 2.51. The molecule has 0 fully saturated rings. The normalized spacial score (nSPS) is 12.3. The molecule has 0 N–H and O–H groups in total. The molecule has 0 radical (unpaired) electrons. The maximum atomic E-state index is 5.33. The van der Waals surface area contributed by atoms with Crippen LogP contribution in [0, 0.1) is 0 Å². The first-order valence-electron chi connectivity index (χ1n) is 6.07. The summed E-state index contributed by atoms with van der Waals surface area (Å²) in [5.74, 6) is 1.96. The van der Waals surface area contributed by atoms with Gasteiger partial charge in [-0.05, 0) is 42.7 Å². The quantitative estimate of drug-likeness (QED) is 0.745. The molecule has 0 aliphatic rings. The summed E-state index contributed by atoms with van der Waals surface area (Å²) in [6.07, 6.45) is 4.75. The van der Waals surface area contributed by atoms with Gasteiger partial charge >= 0.3 is 0 Å². The van der Waals surface area contributed by atoms with Crippen molar-refractivity contribution in [1.29, 1.82) is 0 Å². The molecule has 1 atom stereocenters. The second-order valence-corrected chi connectivity index (χ2v) is 5.57. The zero-order chi connectivity index (χ0) is 12.8. The van der Waals surface area contributed by atoms with Crippen LogP contribution in [-0.2, 0) is 12.8 Å². The third-order valence-corrected chi connectivity index (χ3v) is 3.66. The van der Waals surface area contributed by atoms with Gasteiger partial charge in [0.15, 0.2) is 0 Å². The van der Waals surface area contributed by atoms with Gasteiger partial charge in [0.1, 0.15) is 11.5 Å². The van der Waals surface area contributed by atoms with Crippen LogP contribution >= 0.6 is 15.9 Å². The highest BCUT2D eigenvalue weighted by atomic mass is 79.9. The van der Waals surface area contributed by atoms with Crippen LogP contribution < -0.4 is 4.74 Å². The highest BCUT2D eigenvalue weighted by Gasteiger charge is 2.07. The second kappa shape index (κ2) is 6.64. The SMILES string of the molecule is COc1cccc(CC(Br)CCc2ccco2)c1. The summed E-state index contributed by atoms with van der Waals surface area (Å²) in [6, 6.07) is 12.2. The first-order valence-corrected chi connectivity index (χ1v) is 6.99. The lowest BCUT2D eigenvalue weighted by Crippen LogP contribution is -2.04. The highest BCUT2D eigenvalue weighted by molar-refractivity contribution is 9.09. The average Bonchev–Trinajstić information content (AvgIpc) is 2.90. The van der Waals surface area contributed by atoms with E-state index in [4.69, 9.17) is 9.15 Å². The molecule has 2 rings (SSSR count). The van der Waals surface area contributed by atoms with Gasteiger partial charge in [-0.25, -0.2) is 0 Å². The van der Waals surface area contributed by atoms with Crippen molar-refractivity contribution in [2.24, 2.45) is 0 Å². The van der Waals surface area contributed by atoms with E-state index in [2.05, 4.69) is 28.1 Å². The number of furan rings is 1. The summed E-state index contributed by atoms with van der Waals surface area (Å²) in [5, 5.41) is 0. The van der Waals surface area contributed by atoms with Crippen molar-refractivity contribution in [2.45, 2.75) is 24.1 Å². The van der Waals surface area contributed by atoms with Crippen LogP contribution in [0.4, 0.5) is 0 Å². The number of ether oxygens (including phenoxy) is 1. The second-order valence-electron chi connectivity index (χ2n) is 4.27. The molecule has 0 aliphatic carbocycles. The van der Waals surface area contributed by atoms with Crippen LogP contribution in [0.2, 0.25) is 0 Å². The molecule has 3 heteroatoms. The van der Waals surface area contributed by atoms with Gasteiger partial charge in [-0.15, -0.1) is 0 Å². The van der Waals surface area contributed by atoms with E-state index in [0.717, 1.165) is 30.8 Å². The van der Waals surface area contributed by atoms with Crippen molar-refractivity contribution < 1.29 is 9.15 Å². The van der Waals surface area contributed by atoms with E-state index in [1.54, 1.807) is 13.4 Å². The van der Waals surface area contributed by atoms with Gasteiger partial charge in [-0.1, -0.05) is 28.1 Å². The topological polar surface area (TPSA) is 22.4 Å². The molecule has 1 aromatic carbocycles. The number of halogens is 1. The lowest BCUT2D eigenvalue weighted by Gasteiger charge is -2.10. The summed E-state index contributed by atoms with van der Waals surface area (Å²) in [7, 11) is 1.70. The minimum atomic E-state index is 0.453. The number of benzene rings is 1.